The highest BCUT2D eigenvalue weighted by atomic mass is 35.5. The maximum absolute atomic E-state index is 13.2. The molecule has 0 spiro atoms. The first kappa shape index (κ1) is 22.7. The van der Waals surface area contributed by atoms with Crippen molar-refractivity contribution in [3.8, 4) is 5.69 Å². The van der Waals surface area contributed by atoms with E-state index in [1.54, 1.807) is 16.3 Å². The molecule has 0 aliphatic heterocycles. The minimum absolute atomic E-state index is 0.0838. The Labute approximate surface area is 195 Å². The van der Waals surface area contributed by atoms with Crippen LogP contribution in [-0.2, 0) is 18.3 Å². The second-order valence-corrected chi connectivity index (χ2v) is 8.58. The molecule has 2 aromatic carbocycles. The molecule has 0 unspecified atom stereocenters. The second-order valence-electron chi connectivity index (χ2n) is 8.17. The van der Waals surface area contributed by atoms with Crippen LogP contribution in [0.15, 0.2) is 47.3 Å². The monoisotopic (exact) mass is 466 g/mol. The summed E-state index contributed by atoms with van der Waals surface area (Å²) in [6.45, 7) is 5.82. The quantitative estimate of drug-likeness (QED) is 0.449. The van der Waals surface area contributed by atoms with Crippen LogP contribution in [0, 0.1) is 26.6 Å². The van der Waals surface area contributed by atoms with Gasteiger partial charge in [-0.15, -0.1) is 0 Å². The van der Waals surface area contributed by atoms with E-state index in [1.165, 1.54) is 12.1 Å². The van der Waals surface area contributed by atoms with E-state index in [-0.39, 0.29) is 29.3 Å². The van der Waals surface area contributed by atoms with Crippen molar-refractivity contribution in [1.29, 1.82) is 0 Å². The minimum Gasteiger partial charge on any atom is -0.325 e. The van der Waals surface area contributed by atoms with Crippen molar-refractivity contribution < 1.29 is 9.18 Å². The Balaban J connectivity index is 1.66. The lowest BCUT2D eigenvalue weighted by Gasteiger charge is -2.13. The van der Waals surface area contributed by atoms with E-state index < -0.39 is 5.82 Å². The van der Waals surface area contributed by atoms with E-state index in [0.717, 1.165) is 34.0 Å². The first-order valence-corrected chi connectivity index (χ1v) is 10.9. The van der Waals surface area contributed by atoms with Crippen LogP contribution in [0.3, 0.4) is 0 Å². The van der Waals surface area contributed by atoms with Crippen LogP contribution in [0.2, 0.25) is 5.02 Å². The number of amides is 1. The average Bonchev–Trinajstić information content (AvgIpc) is 3.12. The maximum atomic E-state index is 13.2. The third-order valence-corrected chi connectivity index (χ3v) is 6.14. The Hall–Kier alpha value is -3.45. The SMILES string of the molecule is Cc1ccc(-n2nc(C)c3c(C)c(CCC(=O)Nc4ccc(F)cc4Cl)c(=O)n(C)c32)cc1. The van der Waals surface area contributed by atoms with Crippen LogP contribution < -0.4 is 10.9 Å². The fourth-order valence-corrected chi connectivity index (χ4v) is 4.29. The summed E-state index contributed by atoms with van der Waals surface area (Å²) in [5.74, 6) is -0.788. The molecule has 1 amide bonds. The molecule has 0 saturated heterocycles. The Morgan fingerprint density at radius 1 is 1.12 bits per heavy atom. The molecule has 0 radical (unpaired) electrons. The number of nitrogens with zero attached hydrogens (tertiary/aromatic N) is 3. The molecule has 4 rings (SSSR count). The second kappa shape index (κ2) is 8.83. The summed E-state index contributed by atoms with van der Waals surface area (Å²) in [6.07, 6.45) is 0.342. The first-order chi connectivity index (χ1) is 15.7. The summed E-state index contributed by atoms with van der Waals surface area (Å²) in [4.78, 5) is 25.7. The van der Waals surface area contributed by atoms with Gasteiger partial charge in [-0.25, -0.2) is 9.07 Å². The molecule has 0 aliphatic carbocycles. The molecule has 6 nitrogen and oxygen atoms in total. The Morgan fingerprint density at radius 3 is 2.48 bits per heavy atom. The van der Waals surface area contributed by atoms with Crippen LogP contribution >= 0.6 is 11.6 Å². The number of anilines is 1. The molecule has 170 valence electrons. The third-order valence-electron chi connectivity index (χ3n) is 5.83. The van der Waals surface area contributed by atoms with E-state index >= 15 is 0 Å². The summed E-state index contributed by atoms with van der Waals surface area (Å²) >= 11 is 5.99. The summed E-state index contributed by atoms with van der Waals surface area (Å²) in [6, 6.07) is 11.7. The van der Waals surface area contributed by atoms with Gasteiger partial charge in [0.25, 0.3) is 5.56 Å². The number of benzene rings is 2. The van der Waals surface area contributed by atoms with Crippen molar-refractivity contribution in [3.63, 3.8) is 0 Å². The minimum atomic E-state index is -0.480. The van der Waals surface area contributed by atoms with Gasteiger partial charge in [0.15, 0.2) is 0 Å². The van der Waals surface area contributed by atoms with Gasteiger partial charge in [-0.3, -0.25) is 14.2 Å². The number of hydrogen-bond acceptors (Lipinski definition) is 3. The molecule has 2 heterocycles. The molecule has 4 aromatic rings. The van der Waals surface area contributed by atoms with E-state index in [4.69, 9.17) is 16.7 Å². The zero-order valence-corrected chi connectivity index (χ0v) is 19.6. The molecule has 33 heavy (non-hydrogen) atoms. The van der Waals surface area contributed by atoms with E-state index in [1.807, 2.05) is 45.0 Å². The van der Waals surface area contributed by atoms with Gasteiger partial charge in [-0.05, 0) is 63.1 Å². The zero-order chi connectivity index (χ0) is 23.9. The highest BCUT2D eigenvalue weighted by molar-refractivity contribution is 6.33. The molecule has 0 saturated carbocycles. The van der Waals surface area contributed by atoms with Crippen LogP contribution in [0.1, 0.15) is 28.8 Å². The molecule has 2 aromatic heterocycles. The maximum Gasteiger partial charge on any atom is 0.255 e. The van der Waals surface area contributed by atoms with Crippen molar-refractivity contribution >= 4 is 34.2 Å². The van der Waals surface area contributed by atoms with Crippen molar-refractivity contribution in [1.82, 2.24) is 14.3 Å². The third kappa shape index (κ3) is 4.28. The van der Waals surface area contributed by atoms with E-state index in [9.17, 15) is 14.0 Å². The molecule has 0 atom stereocenters. The number of aromatic nitrogens is 3. The van der Waals surface area contributed by atoms with Gasteiger partial charge in [0.1, 0.15) is 11.5 Å². The van der Waals surface area contributed by atoms with Gasteiger partial charge in [-0.2, -0.15) is 5.10 Å². The van der Waals surface area contributed by atoms with Crippen molar-refractivity contribution in [2.24, 2.45) is 7.05 Å². The van der Waals surface area contributed by atoms with Crippen LogP contribution in [0.4, 0.5) is 10.1 Å². The van der Waals surface area contributed by atoms with E-state index in [0.29, 0.717) is 16.9 Å². The number of hydrogen-bond donors (Lipinski definition) is 1. The number of pyridine rings is 1. The smallest absolute Gasteiger partial charge is 0.255 e. The van der Waals surface area contributed by atoms with Crippen molar-refractivity contribution in [2.75, 3.05) is 5.32 Å². The van der Waals surface area contributed by atoms with Crippen LogP contribution in [0.5, 0.6) is 0 Å². The molecule has 0 bridgehead atoms. The van der Waals surface area contributed by atoms with Crippen LogP contribution in [0.25, 0.3) is 16.7 Å². The predicted octanol–water partition coefficient (Wildman–Crippen LogP) is 5.01. The Kier molecular flexibility index (Phi) is 6.08. The Morgan fingerprint density at radius 2 is 1.82 bits per heavy atom. The molecule has 1 N–H and O–H groups in total. The Bertz CT molecular complexity index is 1440. The lowest BCUT2D eigenvalue weighted by Crippen LogP contribution is -2.25. The summed E-state index contributed by atoms with van der Waals surface area (Å²) in [5, 5.41) is 8.39. The number of carbonyl (C=O) groups excluding carboxylic acids is 1. The molecule has 0 aliphatic rings. The number of fused-ring (bicyclic) bond motifs is 1. The van der Waals surface area contributed by atoms with E-state index in [2.05, 4.69) is 5.32 Å². The predicted molar refractivity (Wildman–Crippen MR) is 129 cm³/mol. The number of halogens is 2. The number of rotatable bonds is 5. The average molecular weight is 467 g/mol. The lowest BCUT2D eigenvalue weighted by molar-refractivity contribution is -0.116. The fourth-order valence-electron chi connectivity index (χ4n) is 4.08. The van der Waals surface area contributed by atoms with Crippen molar-refractivity contribution in [2.45, 2.75) is 33.6 Å². The van der Waals surface area contributed by atoms with Crippen molar-refractivity contribution in [3.05, 3.63) is 86.0 Å². The van der Waals surface area contributed by atoms with Gasteiger partial charge in [0, 0.05) is 24.4 Å². The standard InChI is InChI=1S/C25H24ClFN4O2/c1-14-5-8-18(9-6-14)31-24-23(16(3)29-31)15(2)19(25(33)30(24)4)10-12-22(32)28-21-11-7-17(27)13-20(21)26/h5-9,11,13H,10,12H2,1-4H3,(H,28,32). The molecule has 0 fully saturated rings. The normalized spacial score (nSPS) is 11.2. The summed E-state index contributed by atoms with van der Waals surface area (Å²) in [5.41, 5.74) is 5.08. The van der Waals surface area contributed by atoms with Crippen LogP contribution in [-0.4, -0.2) is 20.3 Å². The summed E-state index contributed by atoms with van der Waals surface area (Å²) in [7, 11) is 1.72. The largest absolute Gasteiger partial charge is 0.325 e. The highest BCUT2D eigenvalue weighted by Crippen LogP contribution is 2.26. The first-order valence-electron chi connectivity index (χ1n) is 10.6. The molecular formula is C25H24ClFN4O2. The fraction of sp³-hybridized carbons (Fsp3) is 0.240. The van der Waals surface area contributed by atoms with Gasteiger partial charge in [-0.1, -0.05) is 29.3 Å². The highest BCUT2D eigenvalue weighted by Gasteiger charge is 2.20. The lowest BCUT2D eigenvalue weighted by atomic mass is 10.0. The molecule has 8 heteroatoms. The molecular weight excluding hydrogens is 443 g/mol. The number of carbonyl (C=O) groups is 1. The number of aryl methyl sites for hydroxylation is 4. The summed E-state index contributed by atoms with van der Waals surface area (Å²) < 4.78 is 16.6. The number of nitrogens with one attached hydrogen (secondary N) is 1. The van der Waals surface area contributed by atoms with Gasteiger partial charge in [0.05, 0.1) is 22.1 Å². The topological polar surface area (TPSA) is 68.9 Å². The zero-order valence-electron chi connectivity index (χ0n) is 18.9. The van der Waals surface area contributed by atoms with Gasteiger partial charge < -0.3 is 5.32 Å². The van der Waals surface area contributed by atoms with Gasteiger partial charge in [0.2, 0.25) is 5.91 Å². The van der Waals surface area contributed by atoms with Gasteiger partial charge >= 0.3 is 0 Å².